The first kappa shape index (κ1) is 26.6. The fraction of sp³-hybridized carbons (Fsp3) is 0.0833. The molecule has 0 atom stereocenters. The molecule has 0 spiro atoms. The molecule has 3 aromatic carbocycles. The molecule has 0 bridgehead atoms. The van der Waals surface area contributed by atoms with Gasteiger partial charge in [-0.15, -0.1) is 0 Å². The quantitative estimate of drug-likeness (QED) is 0.0874. The fourth-order valence-electron chi connectivity index (χ4n) is 3.66. The van der Waals surface area contributed by atoms with E-state index in [0.717, 1.165) is 17.7 Å². The Bertz CT molecular complexity index is 1480. The number of Topliss-reactive ketones (excluding diaryl/α,β-unsaturated/α-hetero) is 1. The molecule has 3 aromatic rings. The van der Waals surface area contributed by atoms with Crippen LogP contribution in [0, 0.1) is 17.0 Å². The molecule has 0 N–H and O–H groups in total. The highest BCUT2D eigenvalue weighted by Gasteiger charge is 2.46. The third-order valence-electron chi connectivity index (χ3n) is 5.53. The number of benzene rings is 3. The van der Waals surface area contributed by atoms with Gasteiger partial charge < -0.3 is 0 Å². The summed E-state index contributed by atoms with van der Waals surface area (Å²) in [5.74, 6) is -3.83. The van der Waals surface area contributed by atoms with Crippen molar-refractivity contribution in [2.75, 3.05) is 6.54 Å². The van der Waals surface area contributed by atoms with Crippen LogP contribution in [-0.2, 0) is 0 Å². The van der Waals surface area contributed by atoms with E-state index in [1.54, 1.807) is 12.1 Å². The summed E-state index contributed by atoms with van der Waals surface area (Å²) >= 11 is 24.5. The molecule has 0 aromatic heterocycles. The molecule has 188 valence electrons. The van der Waals surface area contributed by atoms with Crippen LogP contribution in [0.4, 0.5) is 5.69 Å². The number of fused-ring (bicyclic) bond motifs is 1. The third kappa shape index (κ3) is 4.67. The largest absolute Gasteiger partial charge is 0.292 e. The smallest absolute Gasteiger partial charge is 0.282 e. The maximum Gasteiger partial charge on any atom is 0.282 e. The Morgan fingerprint density at radius 1 is 0.865 bits per heavy atom. The predicted octanol–water partition coefficient (Wildman–Crippen LogP) is 6.05. The van der Waals surface area contributed by atoms with Crippen molar-refractivity contribution in [1.82, 2.24) is 10.0 Å². The zero-order valence-electron chi connectivity index (χ0n) is 18.6. The van der Waals surface area contributed by atoms with E-state index in [1.165, 1.54) is 24.3 Å². The van der Waals surface area contributed by atoms with Crippen LogP contribution in [0.1, 0.15) is 47.0 Å². The number of carbonyl (C=O) groups excluding carboxylic acids is 4. The Labute approximate surface area is 229 Å². The molecule has 37 heavy (non-hydrogen) atoms. The molecule has 1 aliphatic heterocycles. The fourth-order valence-corrected chi connectivity index (χ4v) is 4.67. The van der Waals surface area contributed by atoms with Crippen molar-refractivity contribution in [3.8, 4) is 0 Å². The molecular weight excluding hydrogens is 568 g/mol. The van der Waals surface area contributed by atoms with Crippen LogP contribution < -0.4 is 0 Å². The molecule has 0 aliphatic carbocycles. The molecule has 3 amide bonds. The van der Waals surface area contributed by atoms with Crippen molar-refractivity contribution >= 4 is 75.6 Å². The Morgan fingerprint density at radius 3 is 1.92 bits per heavy atom. The molecule has 1 heterocycles. The number of nitrogens with zero attached hydrogens (tertiary/aromatic N) is 3. The van der Waals surface area contributed by atoms with Crippen LogP contribution in [0.15, 0.2) is 48.5 Å². The normalized spacial score (nSPS) is 12.5. The second-order valence-electron chi connectivity index (χ2n) is 7.89. The van der Waals surface area contributed by atoms with Gasteiger partial charge in [-0.3, -0.25) is 29.3 Å². The van der Waals surface area contributed by atoms with E-state index < -0.39 is 51.8 Å². The van der Waals surface area contributed by atoms with Gasteiger partial charge >= 0.3 is 0 Å². The van der Waals surface area contributed by atoms with E-state index in [9.17, 15) is 29.3 Å². The summed E-state index contributed by atoms with van der Waals surface area (Å²) in [6.45, 7) is 1.04. The topological polar surface area (TPSA) is 118 Å². The van der Waals surface area contributed by atoms with Crippen LogP contribution in [-0.4, -0.2) is 45.0 Å². The number of halogens is 4. The van der Waals surface area contributed by atoms with Gasteiger partial charge in [0.15, 0.2) is 5.78 Å². The average molecular weight is 581 g/mol. The van der Waals surface area contributed by atoms with Crippen molar-refractivity contribution < 1.29 is 24.1 Å². The zero-order valence-corrected chi connectivity index (χ0v) is 21.7. The van der Waals surface area contributed by atoms with Gasteiger partial charge in [-0.2, -0.15) is 5.01 Å². The summed E-state index contributed by atoms with van der Waals surface area (Å²) in [5.41, 5.74) is -0.393. The predicted molar refractivity (Wildman–Crippen MR) is 137 cm³/mol. The molecule has 13 heteroatoms. The van der Waals surface area contributed by atoms with Gasteiger partial charge in [-0.05, 0) is 13.0 Å². The van der Waals surface area contributed by atoms with Crippen LogP contribution in [0.3, 0.4) is 0 Å². The molecule has 0 saturated heterocycles. The van der Waals surface area contributed by atoms with Crippen molar-refractivity contribution in [2.24, 2.45) is 0 Å². The van der Waals surface area contributed by atoms with E-state index in [0.29, 0.717) is 10.0 Å². The number of amides is 3. The van der Waals surface area contributed by atoms with Crippen molar-refractivity contribution in [2.45, 2.75) is 6.92 Å². The Balaban J connectivity index is 1.83. The number of hydrogen-bond donors (Lipinski definition) is 0. The minimum Gasteiger partial charge on any atom is -0.292 e. The molecule has 1 aliphatic rings. The molecule has 0 unspecified atom stereocenters. The highest BCUT2D eigenvalue weighted by Crippen LogP contribution is 2.45. The van der Waals surface area contributed by atoms with Gasteiger partial charge in [-0.1, -0.05) is 82.3 Å². The summed E-state index contributed by atoms with van der Waals surface area (Å²) in [4.78, 5) is 64.0. The highest BCUT2D eigenvalue weighted by molar-refractivity contribution is 6.55. The molecule has 9 nitrogen and oxygen atoms in total. The zero-order chi connectivity index (χ0) is 27.2. The lowest BCUT2D eigenvalue weighted by atomic mass is 10.1. The number of non-ortho nitro benzene ring substituents is 1. The van der Waals surface area contributed by atoms with E-state index in [2.05, 4.69) is 0 Å². The number of nitro groups is 1. The van der Waals surface area contributed by atoms with Crippen LogP contribution in [0.25, 0.3) is 0 Å². The summed E-state index contributed by atoms with van der Waals surface area (Å²) in [7, 11) is 0. The van der Waals surface area contributed by atoms with Gasteiger partial charge in [-0.25, -0.2) is 5.01 Å². The van der Waals surface area contributed by atoms with Gasteiger partial charge in [0.05, 0.1) is 36.1 Å². The Hall–Kier alpha value is -3.50. The van der Waals surface area contributed by atoms with Gasteiger partial charge in [0, 0.05) is 23.3 Å². The van der Waals surface area contributed by atoms with Crippen LogP contribution in [0.5, 0.6) is 0 Å². The third-order valence-corrected chi connectivity index (χ3v) is 7.33. The molecule has 0 fully saturated rings. The van der Waals surface area contributed by atoms with E-state index >= 15 is 0 Å². The molecule has 0 radical (unpaired) electrons. The lowest BCUT2D eigenvalue weighted by Crippen LogP contribution is -2.51. The standard InChI is InChI=1S/C24H13Cl4N3O6/c1-11-5-7-12(8-6-11)15(32)10-29(22(33)13-3-2-4-14(9-13)31(36)37)30-23(34)16-17(24(30)35)19(26)21(28)20(27)18(16)25/h2-9H,10H2,1H3. The number of hydrogen-bond acceptors (Lipinski definition) is 6. The second kappa shape index (κ2) is 10.1. The van der Waals surface area contributed by atoms with Crippen molar-refractivity contribution in [3.63, 3.8) is 0 Å². The van der Waals surface area contributed by atoms with Gasteiger partial charge in [0.1, 0.15) is 6.54 Å². The maximum atomic E-state index is 13.6. The first-order valence-corrected chi connectivity index (χ1v) is 11.9. The number of rotatable bonds is 6. The monoisotopic (exact) mass is 579 g/mol. The van der Waals surface area contributed by atoms with Gasteiger partial charge in [0.25, 0.3) is 23.4 Å². The number of hydrazine groups is 1. The summed E-state index contributed by atoms with van der Waals surface area (Å²) in [6.07, 6.45) is 0. The van der Waals surface area contributed by atoms with E-state index in [-0.39, 0.29) is 31.2 Å². The summed E-state index contributed by atoms with van der Waals surface area (Å²) in [5, 5.41) is 11.0. The van der Waals surface area contributed by atoms with Gasteiger partial charge in [0.2, 0.25) is 0 Å². The average Bonchev–Trinajstić information content (AvgIpc) is 3.14. The lowest BCUT2D eigenvalue weighted by Gasteiger charge is -2.29. The highest BCUT2D eigenvalue weighted by atomic mass is 35.5. The van der Waals surface area contributed by atoms with Crippen LogP contribution >= 0.6 is 46.4 Å². The minimum absolute atomic E-state index is 0.196. The molecular formula is C24H13Cl4N3O6. The number of imide groups is 1. The van der Waals surface area contributed by atoms with E-state index in [1.807, 2.05) is 6.92 Å². The number of ketones is 1. The molecule has 4 rings (SSSR count). The van der Waals surface area contributed by atoms with Crippen molar-refractivity contribution in [3.05, 3.63) is 107 Å². The number of carbonyl (C=O) groups is 4. The summed E-state index contributed by atoms with van der Waals surface area (Å²) in [6, 6.07) is 11.0. The SMILES string of the molecule is Cc1ccc(C(=O)CN(C(=O)c2cccc([N+](=O)[O-])c2)N2C(=O)c3c(Cl)c(Cl)c(Cl)c(Cl)c3C2=O)cc1. The Kier molecular flexibility index (Phi) is 7.25. The molecule has 0 saturated carbocycles. The second-order valence-corrected chi connectivity index (χ2v) is 9.40. The number of nitro benzene ring substituents is 1. The van der Waals surface area contributed by atoms with E-state index in [4.69, 9.17) is 46.4 Å². The van der Waals surface area contributed by atoms with Crippen LogP contribution in [0.2, 0.25) is 20.1 Å². The van der Waals surface area contributed by atoms with Crippen molar-refractivity contribution in [1.29, 1.82) is 0 Å². The first-order chi connectivity index (χ1) is 17.4. The minimum atomic E-state index is -1.08. The lowest BCUT2D eigenvalue weighted by molar-refractivity contribution is -0.384. The first-order valence-electron chi connectivity index (χ1n) is 10.3. The Morgan fingerprint density at radius 2 is 1.41 bits per heavy atom. The number of aryl methyl sites for hydroxylation is 1. The summed E-state index contributed by atoms with van der Waals surface area (Å²) < 4.78 is 0. The maximum absolute atomic E-state index is 13.6.